The largest absolute Gasteiger partial charge is 0.279 e. The van der Waals surface area contributed by atoms with Crippen LogP contribution in [-0.4, -0.2) is 16.6 Å². The fourth-order valence-corrected chi connectivity index (χ4v) is 5.16. The van der Waals surface area contributed by atoms with Crippen molar-refractivity contribution < 1.29 is 4.79 Å². The summed E-state index contributed by atoms with van der Waals surface area (Å²) in [4.78, 5) is 21.5. The Morgan fingerprint density at radius 3 is 2.57 bits per heavy atom. The molecule has 0 atom stereocenters. The summed E-state index contributed by atoms with van der Waals surface area (Å²) in [5, 5.41) is 0.744. The molecule has 0 aliphatic rings. The minimum atomic E-state index is -0.0190. The van der Waals surface area contributed by atoms with E-state index in [1.165, 1.54) is 5.56 Å². The molecule has 4 aromatic rings. The fraction of sp³-hybridized carbons (Fsp3) is 0.200. The van der Waals surface area contributed by atoms with Crippen molar-refractivity contribution in [3.8, 4) is 0 Å². The van der Waals surface area contributed by atoms with Crippen molar-refractivity contribution >= 4 is 44.4 Å². The van der Waals surface area contributed by atoms with Gasteiger partial charge in [-0.3, -0.25) is 9.69 Å². The average molecular weight is 433 g/mol. The quantitative estimate of drug-likeness (QED) is 0.301. The Labute approximate surface area is 185 Å². The van der Waals surface area contributed by atoms with Gasteiger partial charge in [0.15, 0.2) is 5.13 Å². The van der Waals surface area contributed by atoms with Crippen LogP contribution in [0.15, 0.2) is 77.7 Å². The Morgan fingerprint density at radius 1 is 1.00 bits per heavy atom. The van der Waals surface area contributed by atoms with Crippen LogP contribution in [0.1, 0.15) is 35.3 Å². The zero-order valence-corrected chi connectivity index (χ0v) is 18.8. The molecule has 0 fully saturated rings. The molecule has 1 amide bonds. The zero-order valence-electron chi connectivity index (χ0n) is 17.2. The van der Waals surface area contributed by atoms with Crippen molar-refractivity contribution in [2.24, 2.45) is 0 Å². The topological polar surface area (TPSA) is 33.2 Å². The number of hydrogen-bond acceptors (Lipinski definition) is 4. The summed E-state index contributed by atoms with van der Waals surface area (Å²) in [5.41, 5.74) is 3.99. The molecule has 30 heavy (non-hydrogen) atoms. The fourth-order valence-electron chi connectivity index (χ4n) is 3.43. The van der Waals surface area contributed by atoms with Crippen LogP contribution in [0, 0.1) is 0 Å². The number of benzene rings is 3. The van der Waals surface area contributed by atoms with Crippen LogP contribution in [0.3, 0.4) is 0 Å². The monoisotopic (exact) mass is 432 g/mol. The van der Waals surface area contributed by atoms with Gasteiger partial charge in [0.25, 0.3) is 5.91 Å². The SMILES string of the molecule is CCSc1cccc(C(=O)N(Cc2ccccc2)c2nc3c(CC)cccc3s2)c1. The average Bonchev–Trinajstić information content (AvgIpc) is 3.22. The van der Waals surface area contributed by atoms with Crippen LogP contribution in [0.2, 0.25) is 0 Å². The van der Waals surface area contributed by atoms with Gasteiger partial charge < -0.3 is 0 Å². The van der Waals surface area contributed by atoms with Gasteiger partial charge in [0.05, 0.1) is 16.8 Å². The molecule has 0 spiro atoms. The summed E-state index contributed by atoms with van der Waals surface area (Å²) in [6.07, 6.45) is 0.920. The second-order valence-electron chi connectivity index (χ2n) is 6.95. The lowest BCUT2D eigenvalue weighted by Gasteiger charge is -2.20. The number of aryl methyl sites for hydroxylation is 1. The summed E-state index contributed by atoms with van der Waals surface area (Å²) in [6.45, 7) is 4.75. The lowest BCUT2D eigenvalue weighted by Crippen LogP contribution is -2.30. The molecular formula is C25H24N2OS2. The van der Waals surface area contributed by atoms with E-state index in [1.807, 2.05) is 41.3 Å². The van der Waals surface area contributed by atoms with E-state index >= 15 is 0 Å². The van der Waals surface area contributed by atoms with E-state index in [2.05, 4.69) is 50.2 Å². The first-order valence-electron chi connectivity index (χ1n) is 10.2. The lowest BCUT2D eigenvalue weighted by atomic mass is 10.1. The van der Waals surface area contributed by atoms with Gasteiger partial charge in [0.2, 0.25) is 0 Å². The van der Waals surface area contributed by atoms with Crippen molar-refractivity contribution in [1.29, 1.82) is 0 Å². The number of hydrogen-bond donors (Lipinski definition) is 0. The van der Waals surface area contributed by atoms with E-state index in [4.69, 9.17) is 4.98 Å². The van der Waals surface area contributed by atoms with Crippen molar-refractivity contribution in [2.75, 3.05) is 10.7 Å². The van der Waals surface area contributed by atoms with Gasteiger partial charge in [0, 0.05) is 10.5 Å². The van der Waals surface area contributed by atoms with Gasteiger partial charge in [-0.2, -0.15) is 0 Å². The van der Waals surface area contributed by atoms with Crippen LogP contribution < -0.4 is 4.90 Å². The lowest BCUT2D eigenvalue weighted by molar-refractivity contribution is 0.0985. The summed E-state index contributed by atoms with van der Waals surface area (Å²) in [7, 11) is 0. The normalized spacial score (nSPS) is 11.0. The molecule has 0 saturated heterocycles. The second kappa shape index (κ2) is 9.45. The number of carbonyl (C=O) groups is 1. The first-order valence-corrected chi connectivity index (χ1v) is 12.0. The predicted octanol–water partition coefficient (Wildman–Crippen LogP) is 6.82. The van der Waals surface area contributed by atoms with Crippen molar-refractivity contribution in [2.45, 2.75) is 31.7 Å². The van der Waals surface area contributed by atoms with Crippen molar-refractivity contribution in [3.05, 3.63) is 89.5 Å². The van der Waals surface area contributed by atoms with Gasteiger partial charge >= 0.3 is 0 Å². The number of rotatable bonds is 7. The van der Waals surface area contributed by atoms with E-state index in [1.54, 1.807) is 23.1 Å². The number of para-hydroxylation sites is 1. The van der Waals surface area contributed by atoms with E-state index in [0.29, 0.717) is 12.1 Å². The third kappa shape index (κ3) is 4.42. The number of carbonyl (C=O) groups excluding carboxylic acids is 1. The van der Waals surface area contributed by atoms with E-state index in [0.717, 1.165) is 38.0 Å². The van der Waals surface area contributed by atoms with Gasteiger partial charge in [0.1, 0.15) is 0 Å². The number of anilines is 1. The molecule has 3 nitrogen and oxygen atoms in total. The molecule has 0 saturated carbocycles. The molecule has 5 heteroatoms. The van der Waals surface area contributed by atoms with E-state index in [-0.39, 0.29) is 5.91 Å². The molecule has 0 bridgehead atoms. The maximum atomic E-state index is 13.6. The molecule has 4 rings (SSSR count). The Hall–Kier alpha value is -2.63. The molecule has 0 radical (unpaired) electrons. The summed E-state index contributed by atoms with van der Waals surface area (Å²) >= 11 is 3.32. The maximum Gasteiger partial charge on any atom is 0.260 e. The number of fused-ring (bicyclic) bond motifs is 1. The molecule has 0 N–H and O–H groups in total. The third-order valence-electron chi connectivity index (χ3n) is 4.92. The smallest absolute Gasteiger partial charge is 0.260 e. The van der Waals surface area contributed by atoms with Gasteiger partial charge in [-0.05, 0) is 47.6 Å². The van der Waals surface area contributed by atoms with E-state index < -0.39 is 0 Å². The standard InChI is InChI=1S/C25H24N2OS2/c1-3-19-12-9-15-22-23(19)26-25(30-22)27(17-18-10-6-5-7-11-18)24(28)20-13-8-14-21(16-20)29-4-2/h5-16H,3-4,17H2,1-2H3. The van der Waals surface area contributed by atoms with Gasteiger partial charge in [-0.1, -0.05) is 73.7 Å². The number of thiazole rings is 1. The predicted molar refractivity (Wildman–Crippen MR) is 129 cm³/mol. The first kappa shape index (κ1) is 20.6. The molecule has 3 aromatic carbocycles. The number of thioether (sulfide) groups is 1. The molecule has 1 aromatic heterocycles. The molecule has 152 valence electrons. The van der Waals surface area contributed by atoms with Gasteiger partial charge in [-0.25, -0.2) is 4.98 Å². The zero-order chi connectivity index (χ0) is 20.9. The van der Waals surface area contributed by atoms with Crippen LogP contribution in [0.4, 0.5) is 5.13 Å². The summed E-state index contributed by atoms with van der Waals surface area (Å²) < 4.78 is 1.12. The van der Waals surface area contributed by atoms with Crippen LogP contribution in [-0.2, 0) is 13.0 Å². The van der Waals surface area contributed by atoms with Crippen LogP contribution in [0.25, 0.3) is 10.2 Å². The molecule has 0 aliphatic heterocycles. The molecule has 0 aliphatic carbocycles. The summed E-state index contributed by atoms with van der Waals surface area (Å²) in [6, 6.07) is 24.3. The first-order chi connectivity index (χ1) is 14.7. The van der Waals surface area contributed by atoms with E-state index in [9.17, 15) is 4.79 Å². The van der Waals surface area contributed by atoms with Gasteiger partial charge in [-0.15, -0.1) is 11.8 Å². The number of aromatic nitrogens is 1. The van der Waals surface area contributed by atoms with Crippen molar-refractivity contribution in [1.82, 2.24) is 4.98 Å². The minimum absolute atomic E-state index is 0.0190. The highest BCUT2D eigenvalue weighted by Gasteiger charge is 2.22. The van der Waals surface area contributed by atoms with Crippen molar-refractivity contribution in [3.63, 3.8) is 0 Å². The highest BCUT2D eigenvalue weighted by molar-refractivity contribution is 7.99. The number of amides is 1. The minimum Gasteiger partial charge on any atom is -0.279 e. The third-order valence-corrected chi connectivity index (χ3v) is 6.84. The van der Waals surface area contributed by atoms with Crippen LogP contribution >= 0.6 is 23.1 Å². The Bertz CT molecular complexity index is 1150. The maximum absolute atomic E-state index is 13.6. The summed E-state index contributed by atoms with van der Waals surface area (Å²) in [5.74, 6) is 0.956. The Balaban J connectivity index is 1.76. The second-order valence-corrected chi connectivity index (χ2v) is 9.30. The highest BCUT2D eigenvalue weighted by Crippen LogP contribution is 2.33. The molecule has 1 heterocycles. The molecule has 0 unspecified atom stereocenters. The van der Waals surface area contributed by atoms with Crippen LogP contribution in [0.5, 0.6) is 0 Å². The Morgan fingerprint density at radius 2 is 1.80 bits per heavy atom. The number of nitrogens with zero attached hydrogens (tertiary/aromatic N) is 2. The Kier molecular flexibility index (Phi) is 6.50. The molecular weight excluding hydrogens is 408 g/mol. The highest BCUT2D eigenvalue weighted by atomic mass is 32.2.